The predicted molar refractivity (Wildman–Crippen MR) is 97.5 cm³/mol. The first-order valence-corrected chi connectivity index (χ1v) is 8.01. The summed E-state index contributed by atoms with van der Waals surface area (Å²) in [5.41, 5.74) is 3.32. The Kier molecular flexibility index (Phi) is 3.85. The molecule has 0 saturated carbocycles. The van der Waals surface area contributed by atoms with E-state index >= 15 is 0 Å². The summed E-state index contributed by atoms with van der Waals surface area (Å²) in [5.74, 6) is 0.303. The third kappa shape index (κ3) is 3.00. The Hall–Kier alpha value is -3.68. The largest absolute Gasteiger partial charge is 0.418 e. The van der Waals surface area contributed by atoms with E-state index < -0.39 is 0 Å². The highest BCUT2D eigenvalue weighted by Crippen LogP contribution is 2.26. The van der Waals surface area contributed by atoms with Crippen molar-refractivity contribution < 1.29 is 9.21 Å². The summed E-state index contributed by atoms with van der Waals surface area (Å²) in [6.07, 6.45) is 3.05. The quantitative estimate of drug-likeness (QED) is 0.520. The molecule has 0 saturated heterocycles. The van der Waals surface area contributed by atoms with Gasteiger partial charge in [-0.3, -0.25) is 15.2 Å². The summed E-state index contributed by atoms with van der Waals surface area (Å²) >= 11 is 0. The molecule has 0 aliphatic rings. The number of carbonyl (C=O) groups is 1. The molecule has 3 N–H and O–H groups in total. The van der Waals surface area contributed by atoms with Crippen molar-refractivity contribution in [3.63, 3.8) is 0 Å². The Labute approximate surface area is 148 Å². The number of anilines is 3. The zero-order valence-electron chi connectivity index (χ0n) is 14.2. The van der Waals surface area contributed by atoms with Gasteiger partial charge >= 0.3 is 6.01 Å². The van der Waals surface area contributed by atoms with Crippen molar-refractivity contribution in [1.82, 2.24) is 20.2 Å². The average molecular weight is 348 g/mol. The Morgan fingerprint density at radius 2 is 2.04 bits per heavy atom. The van der Waals surface area contributed by atoms with Crippen LogP contribution < -0.4 is 10.6 Å². The first kappa shape index (κ1) is 15.8. The molecule has 130 valence electrons. The van der Waals surface area contributed by atoms with Crippen LogP contribution in [0.5, 0.6) is 0 Å². The summed E-state index contributed by atoms with van der Waals surface area (Å²) in [7, 11) is 0. The standard InChI is InChI=1S/C18H16N6O2/c1-10-6-7-13-12(8-20-24-13)16(10)23-17(25)14-9-19-18(26-14)22-15-5-3-4-11(2)21-15/h3-9H,1-2H3,(H,20,24)(H,23,25)(H,19,21,22). The fourth-order valence-electron chi connectivity index (χ4n) is 2.63. The maximum absolute atomic E-state index is 12.5. The third-order valence-corrected chi connectivity index (χ3v) is 3.92. The topological polar surface area (TPSA) is 109 Å². The van der Waals surface area contributed by atoms with Crippen LogP contribution in [0, 0.1) is 13.8 Å². The first-order valence-electron chi connectivity index (χ1n) is 8.01. The summed E-state index contributed by atoms with van der Waals surface area (Å²) in [6.45, 7) is 3.80. The van der Waals surface area contributed by atoms with E-state index in [1.165, 1.54) is 6.20 Å². The van der Waals surface area contributed by atoms with Gasteiger partial charge in [0.25, 0.3) is 5.91 Å². The maximum Gasteiger partial charge on any atom is 0.301 e. The number of carbonyl (C=O) groups excluding carboxylic acids is 1. The Morgan fingerprint density at radius 1 is 1.15 bits per heavy atom. The number of nitrogens with zero attached hydrogens (tertiary/aromatic N) is 3. The summed E-state index contributed by atoms with van der Waals surface area (Å²) in [4.78, 5) is 20.9. The minimum atomic E-state index is -0.389. The Morgan fingerprint density at radius 3 is 2.88 bits per heavy atom. The number of oxazole rings is 1. The third-order valence-electron chi connectivity index (χ3n) is 3.92. The van der Waals surface area contributed by atoms with E-state index in [2.05, 4.69) is 30.8 Å². The molecule has 0 unspecified atom stereocenters. The Bertz CT molecular complexity index is 1100. The van der Waals surface area contributed by atoms with Gasteiger partial charge in [0.1, 0.15) is 5.82 Å². The second kappa shape index (κ2) is 6.32. The monoisotopic (exact) mass is 348 g/mol. The smallest absolute Gasteiger partial charge is 0.301 e. The zero-order chi connectivity index (χ0) is 18.1. The van der Waals surface area contributed by atoms with Crippen molar-refractivity contribution in [2.24, 2.45) is 0 Å². The molecule has 0 spiro atoms. The molecule has 0 aliphatic carbocycles. The van der Waals surface area contributed by atoms with Crippen LogP contribution in [0.4, 0.5) is 17.5 Å². The molecule has 3 aromatic heterocycles. The lowest BCUT2D eigenvalue weighted by atomic mass is 10.1. The summed E-state index contributed by atoms with van der Waals surface area (Å²) < 4.78 is 5.50. The van der Waals surface area contributed by atoms with E-state index in [4.69, 9.17) is 4.42 Å². The van der Waals surface area contributed by atoms with Crippen molar-refractivity contribution in [1.29, 1.82) is 0 Å². The molecule has 0 atom stereocenters. The minimum Gasteiger partial charge on any atom is -0.418 e. The van der Waals surface area contributed by atoms with Gasteiger partial charge in [-0.25, -0.2) is 9.97 Å². The van der Waals surface area contributed by atoms with E-state index in [1.807, 2.05) is 38.1 Å². The molecule has 0 radical (unpaired) electrons. The molecule has 3 heterocycles. The van der Waals surface area contributed by atoms with Gasteiger partial charge in [0.05, 0.1) is 23.6 Å². The first-order chi connectivity index (χ1) is 12.6. The van der Waals surface area contributed by atoms with Crippen molar-refractivity contribution in [3.05, 3.63) is 59.7 Å². The average Bonchev–Trinajstić information content (AvgIpc) is 3.27. The highest BCUT2D eigenvalue weighted by atomic mass is 16.4. The number of aromatic amines is 1. The number of aryl methyl sites for hydroxylation is 2. The van der Waals surface area contributed by atoms with Crippen LogP contribution in [0.25, 0.3) is 10.9 Å². The molecule has 1 amide bonds. The molecule has 8 heteroatoms. The van der Waals surface area contributed by atoms with Crippen LogP contribution in [0.2, 0.25) is 0 Å². The van der Waals surface area contributed by atoms with Gasteiger partial charge in [-0.05, 0) is 37.6 Å². The molecule has 0 fully saturated rings. The number of aromatic nitrogens is 4. The maximum atomic E-state index is 12.5. The van der Waals surface area contributed by atoms with Gasteiger partial charge in [0, 0.05) is 11.1 Å². The lowest BCUT2D eigenvalue weighted by molar-refractivity contribution is 0.0997. The second-order valence-corrected chi connectivity index (χ2v) is 5.86. The number of nitrogens with one attached hydrogen (secondary N) is 3. The molecule has 4 aromatic rings. The fraction of sp³-hybridized carbons (Fsp3) is 0.111. The number of fused-ring (bicyclic) bond motifs is 1. The lowest BCUT2D eigenvalue weighted by Gasteiger charge is -2.08. The molecule has 8 nitrogen and oxygen atoms in total. The number of benzene rings is 1. The number of hydrogen-bond acceptors (Lipinski definition) is 6. The van der Waals surface area contributed by atoms with Crippen LogP contribution >= 0.6 is 0 Å². The van der Waals surface area contributed by atoms with Gasteiger partial charge in [-0.2, -0.15) is 5.10 Å². The number of rotatable bonds is 4. The SMILES string of the molecule is Cc1cccc(Nc2ncc(C(=O)Nc3c(C)ccc4[nH]ncc34)o2)n1. The van der Waals surface area contributed by atoms with Gasteiger partial charge in [0.2, 0.25) is 5.76 Å². The zero-order valence-corrected chi connectivity index (χ0v) is 14.2. The number of amides is 1. The summed E-state index contributed by atoms with van der Waals surface area (Å²) in [5, 5.41) is 13.5. The van der Waals surface area contributed by atoms with Crippen LogP contribution in [0.15, 0.2) is 47.1 Å². The van der Waals surface area contributed by atoms with Gasteiger partial charge in [-0.1, -0.05) is 12.1 Å². The second-order valence-electron chi connectivity index (χ2n) is 5.86. The molecule has 1 aromatic carbocycles. The van der Waals surface area contributed by atoms with Crippen molar-refractivity contribution >= 4 is 34.3 Å². The normalized spacial score (nSPS) is 10.8. The predicted octanol–water partition coefficient (Wildman–Crippen LogP) is 3.56. The van der Waals surface area contributed by atoms with E-state index in [0.29, 0.717) is 11.5 Å². The molecule has 26 heavy (non-hydrogen) atoms. The fourth-order valence-corrected chi connectivity index (χ4v) is 2.63. The molecule has 0 bridgehead atoms. The highest BCUT2D eigenvalue weighted by Gasteiger charge is 2.16. The number of pyridine rings is 1. The summed E-state index contributed by atoms with van der Waals surface area (Å²) in [6, 6.07) is 9.57. The number of hydrogen-bond donors (Lipinski definition) is 3. The highest BCUT2D eigenvalue weighted by molar-refractivity contribution is 6.08. The van der Waals surface area contributed by atoms with Crippen LogP contribution in [0.1, 0.15) is 21.8 Å². The molecule has 4 rings (SSSR count). The van der Waals surface area contributed by atoms with E-state index in [0.717, 1.165) is 22.2 Å². The van der Waals surface area contributed by atoms with Gasteiger partial charge in [0.15, 0.2) is 0 Å². The van der Waals surface area contributed by atoms with Crippen molar-refractivity contribution in [3.8, 4) is 0 Å². The van der Waals surface area contributed by atoms with Crippen molar-refractivity contribution in [2.45, 2.75) is 13.8 Å². The van der Waals surface area contributed by atoms with Gasteiger partial charge < -0.3 is 9.73 Å². The van der Waals surface area contributed by atoms with Crippen molar-refractivity contribution in [2.75, 3.05) is 10.6 Å². The Balaban J connectivity index is 1.55. The molecule has 0 aliphatic heterocycles. The van der Waals surface area contributed by atoms with Crippen LogP contribution in [-0.4, -0.2) is 26.1 Å². The molecular formula is C18H16N6O2. The lowest BCUT2D eigenvalue weighted by Crippen LogP contribution is -2.12. The molecular weight excluding hydrogens is 332 g/mol. The number of H-pyrrole nitrogens is 1. The van der Waals surface area contributed by atoms with Crippen LogP contribution in [0.3, 0.4) is 0 Å². The minimum absolute atomic E-state index is 0.0973. The van der Waals surface area contributed by atoms with E-state index in [1.54, 1.807) is 12.3 Å². The van der Waals surface area contributed by atoms with E-state index in [-0.39, 0.29) is 17.7 Å². The van der Waals surface area contributed by atoms with E-state index in [9.17, 15) is 4.79 Å². The van der Waals surface area contributed by atoms with Crippen LogP contribution in [-0.2, 0) is 0 Å². The van der Waals surface area contributed by atoms with Gasteiger partial charge in [-0.15, -0.1) is 0 Å².